The summed E-state index contributed by atoms with van der Waals surface area (Å²) in [6, 6.07) is 26.3. The molecular formula is C41H55NO8S. The Bertz CT molecular complexity index is 1400. The summed E-state index contributed by atoms with van der Waals surface area (Å²) in [6.07, 6.45) is 8.58. The monoisotopic (exact) mass is 721 g/mol. The highest BCUT2D eigenvalue weighted by Crippen LogP contribution is 2.42. The molecule has 0 saturated heterocycles. The maximum Gasteiger partial charge on any atom is 0.303 e. The van der Waals surface area contributed by atoms with Gasteiger partial charge in [0.1, 0.15) is 29.3 Å². The van der Waals surface area contributed by atoms with E-state index in [0.717, 1.165) is 86.0 Å². The minimum atomic E-state index is -0.863. The molecule has 0 heterocycles. The Labute approximate surface area is 309 Å². The second-order valence-corrected chi connectivity index (χ2v) is 12.9. The number of carbonyl (C=O) groups is 3. The third-order valence-electron chi connectivity index (χ3n) is 8.94. The minimum Gasteiger partial charge on any atom is -0.497 e. The van der Waals surface area contributed by atoms with Crippen molar-refractivity contribution in [1.29, 1.82) is 0 Å². The average Bonchev–Trinajstić information content (AvgIpc) is 3.14. The number of rotatable bonds is 24. The van der Waals surface area contributed by atoms with Crippen LogP contribution < -0.4 is 14.2 Å². The van der Waals surface area contributed by atoms with Gasteiger partial charge in [0.25, 0.3) is 0 Å². The first-order chi connectivity index (χ1) is 24.7. The molecule has 0 aliphatic rings. The van der Waals surface area contributed by atoms with E-state index in [1.54, 1.807) is 14.2 Å². The average molecular weight is 722 g/mol. The van der Waals surface area contributed by atoms with Gasteiger partial charge in [-0.05, 0) is 79.5 Å². The van der Waals surface area contributed by atoms with E-state index in [2.05, 4.69) is 53.9 Å². The summed E-state index contributed by atoms with van der Waals surface area (Å²) in [4.78, 5) is 35.4. The van der Waals surface area contributed by atoms with E-state index in [-0.39, 0.29) is 17.8 Å². The summed E-state index contributed by atoms with van der Waals surface area (Å²) < 4.78 is 31.6. The first-order valence-corrected chi connectivity index (χ1v) is 18.4. The Balaban J connectivity index is 1.63. The lowest BCUT2D eigenvalue weighted by atomic mass is 9.80. The first-order valence-electron chi connectivity index (χ1n) is 18.0. The Kier molecular flexibility index (Phi) is 18.4. The third kappa shape index (κ3) is 13.6. The van der Waals surface area contributed by atoms with Crippen LogP contribution in [0.2, 0.25) is 0 Å². The summed E-state index contributed by atoms with van der Waals surface area (Å²) in [5.41, 5.74) is 2.13. The lowest BCUT2D eigenvalue weighted by molar-refractivity contribution is -0.166. The van der Waals surface area contributed by atoms with Gasteiger partial charge in [-0.25, -0.2) is 0 Å². The van der Waals surface area contributed by atoms with Crippen LogP contribution in [0.3, 0.4) is 0 Å². The molecule has 2 atom stereocenters. The standard InChI is InChI=1S/C41H55NO8S/c1-31(43)49-38(19-13-6-5-7-15-21-40(45)42-51)39(50-32(2)44)20-14-8-9-16-30-48-41(33-17-11-10-12-18-33,34-22-26-36(46-3)27-23-34)35-24-28-37(47-4)29-25-35/h10-12,17-18,22-29,38-39,51H,5-9,13-16,19-21,30H2,1-4H3,(H,42,45). The summed E-state index contributed by atoms with van der Waals surface area (Å²) in [5, 5.41) is 0. The summed E-state index contributed by atoms with van der Waals surface area (Å²) in [7, 11) is 3.31. The van der Waals surface area contributed by atoms with Gasteiger partial charge in [-0.1, -0.05) is 99.5 Å². The smallest absolute Gasteiger partial charge is 0.303 e. The molecule has 1 amide bonds. The molecule has 3 rings (SSSR count). The van der Waals surface area contributed by atoms with Crippen molar-refractivity contribution in [1.82, 2.24) is 4.72 Å². The van der Waals surface area contributed by atoms with Crippen LogP contribution in [0.1, 0.15) is 108 Å². The van der Waals surface area contributed by atoms with Crippen molar-refractivity contribution in [2.45, 2.75) is 109 Å². The van der Waals surface area contributed by atoms with E-state index in [1.165, 1.54) is 13.8 Å². The fourth-order valence-corrected chi connectivity index (χ4v) is 6.50. The lowest BCUT2D eigenvalue weighted by Crippen LogP contribution is -2.34. The predicted molar refractivity (Wildman–Crippen MR) is 202 cm³/mol. The summed E-state index contributed by atoms with van der Waals surface area (Å²) in [5.74, 6) is 0.689. The molecule has 51 heavy (non-hydrogen) atoms. The number of esters is 2. The number of thiol groups is 1. The van der Waals surface area contributed by atoms with Crippen molar-refractivity contribution >= 4 is 30.7 Å². The van der Waals surface area contributed by atoms with Crippen LogP contribution >= 0.6 is 12.8 Å². The van der Waals surface area contributed by atoms with Gasteiger partial charge in [0.2, 0.25) is 5.91 Å². The van der Waals surface area contributed by atoms with E-state index in [1.807, 2.05) is 42.5 Å². The second kappa shape index (κ2) is 22.7. The SMILES string of the molecule is COc1ccc(C(OCCCCCCC(OC(C)=O)C(CCCCCCCC(=O)NS)OC(C)=O)(c2ccccc2)c2ccc(OC)cc2)cc1. The molecular weight excluding hydrogens is 667 g/mol. The van der Waals surface area contributed by atoms with Gasteiger partial charge in [0, 0.05) is 26.9 Å². The van der Waals surface area contributed by atoms with Gasteiger partial charge in [-0.2, -0.15) is 0 Å². The molecule has 0 bridgehead atoms. The molecule has 10 heteroatoms. The summed E-state index contributed by atoms with van der Waals surface area (Å²) >= 11 is 3.78. The Morgan fingerprint density at radius 1 is 0.608 bits per heavy atom. The van der Waals surface area contributed by atoms with Crippen LogP contribution in [0, 0.1) is 0 Å². The molecule has 0 radical (unpaired) electrons. The Hall–Kier alpha value is -4.02. The zero-order valence-electron chi connectivity index (χ0n) is 30.6. The van der Waals surface area contributed by atoms with Crippen molar-refractivity contribution in [3.8, 4) is 11.5 Å². The maximum atomic E-state index is 12.0. The van der Waals surface area contributed by atoms with Gasteiger partial charge in [-0.15, -0.1) is 0 Å². The number of carbonyl (C=O) groups excluding carboxylic acids is 3. The van der Waals surface area contributed by atoms with E-state index in [9.17, 15) is 14.4 Å². The molecule has 2 unspecified atom stereocenters. The van der Waals surface area contributed by atoms with Crippen LogP contribution in [-0.2, 0) is 34.2 Å². The largest absolute Gasteiger partial charge is 0.497 e. The van der Waals surface area contributed by atoms with Gasteiger partial charge < -0.3 is 28.4 Å². The molecule has 0 saturated carbocycles. The van der Waals surface area contributed by atoms with Crippen LogP contribution in [0.4, 0.5) is 0 Å². The van der Waals surface area contributed by atoms with Gasteiger partial charge in [0.15, 0.2) is 0 Å². The van der Waals surface area contributed by atoms with E-state index < -0.39 is 17.8 Å². The molecule has 0 aromatic heterocycles. The molecule has 3 aromatic rings. The number of hydrogen-bond donors (Lipinski definition) is 2. The minimum absolute atomic E-state index is 0.0765. The van der Waals surface area contributed by atoms with Crippen molar-refractivity contribution in [3.63, 3.8) is 0 Å². The van der Waals surface area contributed by atoms with Gasteiger partial charge in [-0.3, -0.25) is 14.4 Å². The van der Waals surface area contributed by atoms with Crippen molar-refractivity contribution in [2.75, 3.05) is 20.8 Å². The maximum absolute atomic E-state index is 12.0. The molecule has 0 aliphatic carbocycles. The number of ether oxygens (including phenoxy) is 5. The van der Waals surface area contributed by atoms with Crippen LogP contribution in [0.25, 0.3) is 0 Å². The molecule has 9 nitrogen and oxygen atoms in total. The quantitative estimate of drug-likeness (QED) is 0.0410. The molecule has 0 aliphatic heterocycles. The van der Waals surface area contributed by atoms with Crippen molar-refractivity contribution in [2.24, 2.45) is 0 Å². The molecule has 3 aromatic carbocycles. The predicted octanol–water partition coefficient (Wildman–Crippen LogP) is 8.52. The van der Waals surface area contributed by atoms with Crippen molar-refractivity contribution in [3.05, 3.63) is 95.6 Å². The fourth-order valence-electron chi connectivity index (χ4n) is 6.39. The van der Waals surface area contributed by atoms with E-state index >= 15 is 0 Å². The van der Waals surface area contributed by atoms with Gasteiger partial charge in [0.05, 0.1) is 14.2 Å². The molecule has 0 fully saturated rings. The number of methoxy groups -OCH3 is 2. The number of hydrogen-bond acceptors (Lipinski definition) is 9. The topological polar surface area (TPSA) is 109 Å². The molecule has 278 valence electrons. The number of unbranched alkanes of at least 4 members (excludes halogenated alkanes) is 7. The normalized spacial score (nSPS) is 12.4. The zero-order valence-corrected chi connectivity index (χ0v) is 31.5. The highest BCUT2D eigenvalue weighted by Gasteiger charge is 2.37. The number of benzene rings is 3. The van der Waals surface area contributed by atoms with Crippen molar-refractivity contribution < 1.29 is 38.1 Å². The molecule has 0 spiro atoms. The Morgan fingerprint density at radius 3 is 1.49 bits per heavy atom. The van der Waals surface area contributed by atoms with Gasteiger partial charge >= 0.3 is 11.9 Å². The highest BCUT2D eigenvalue weighted by molar-refractivity contribution is 7.78. The summed E-state index contributed by atoms with van der Waals surface area (Å²) in [6.45, 7) is 3.29. The molecule has 1 N–H and O–H groups in total. The third-order valence-corrected chi connectivity index (χ3v) is 9.19. The fraction of sp³-hybridized carbons (Fsp3) is 0.488. The van der Waals surface area contributed by atoms with Crippen LogP contribution in [-0.4, -0.2) is 50.9 Å². The first kappa shape index (κ1) is 41.4. The lowest BCUT2D eigenvalue weighted by Gasteiger charge is -2.36. The number of amides is 1. The van der Waals surface area contributed by atoms with E-state index in [4.69, 9.17) is 23.7 Å². The van der Waals surface area contributed by atoms with Crippen LogP contribution in [0.15, 0.2) is 78.9 Å². The zero-order chi connectivity index (χ0) is 36.9. The second-order valence-electron chi connectivity index (χ2n) is 12.7. The highest BCUT2D eigenvalue weighted by atomic mass is 32.1. The number of nitrogens with one attached hydrogen (secondary N) is 1. The van der Waals surface area contributed by atoms with E-state index in [0.29, 0.717) is 25.9 Å². The Morgan fingerprint density at radius 2 is 1.04 bits per heavy atom. The van der Waals surface area contributed by atoms with Crippen LogP contribution in [0.5, 0.6) is 11.5 Å².